The Balaban J connectivity index is 2.01. The third-order valence-electron chi connectivity index (χ3n) is 2.72. The summed E-state index contributed by atoms with van der Waals surface area (Å²) in [6, 6.07) is 9.13. The van der Waals surface area contributed by atoms with Gasteiger partial charge in [0.15, 0.2) is 11.5 Å². The Labute approximate surface area is 124 Å². The lowest BCUT2D eigenvalue weighted by atomic mass is 10.2. The van der Waals surface area contributed by atoms with E-state index in [1.807, 2.05) is 0 Å². The van der Waals surface area contributed by atoms with E-state index in [0.717, 1.165) is 0 Å². The van der Waals surface area contributed by atoms with Crippen molar-refractivity contribution in [2.24, 2.45) is 5.10 Å². The summed E-state index contributed by atoms with van der Waals surface area (Å²) in [6.07, 6.45) is 1.28. The molecular formula is C14H11N3O5. The summed E-state index contributed by atoms with van der Waals surface area (Å²) in [6.45, 7) is 0. The van der Waals surface area contributed by atoms with Crippen molar-refractivity contribution in [2.75, 3.05) is 0 Å². The highest BCUT2D eigenvalue weighted by molar-refractivity contribution is 5.95. The molecule has 0 saturated heterocycles. The van der Waals surface area contributed by atoms with Crippen LogP contribution >= 0.6 is 0 Å². The zero-order valence-corrected chi connectivity index (χ0v) is 11.1. The van der Waals surface area contributed by atoms with Crippen molar-refractivity contribution in [1.29, 1.82) is 0 Å². The number of nitrogens with zero attached hydrogens (tertiary/aromatic N) is 2. The van der Waals surface area contributed by atoms with E-state index in [1.165, 1.54) is 48.7 Å². The van der Waals surface area contributed by atoms with Crippen LogP contribution in [-0.4, -0.2) is 27.3 Å². The van der Waals surface area contributed by atoms with Crippen LogP contribution in [0.3, 0.4) is 0 Å². The molecule has 0 aromatic heterocycles. The molecule has 22 heavy (non-hydrogen) atoms. The Morgan fingerprint density at radius 3 is 2.41 bits per heavy atom. The lowest BCUT2D eigenvalue weighted by molar-refractivity contribution is -0.384. The monoisotopic (exact) mass is 301 g/mol. The van der Waals surface area contributed by atoms with Crippen LogP contribution in [0.5, 0.6) is 11.5 Å². The second kappa shape index (κ2) is 6.35. The smallest absolute Gasteiger partial charge is 0.271 e. The van der Waals surface area contributed by atoms with E-state index in [0.29, 0.717) is 5.56 Å². The molecule has 0 heterocycles. The van der Waals surface area contributed by atoms with Crippen molar-refractivity contribution in [3.63, 3.8) is 0 Å². The molecule has 8 nitrogen and oxygen atoms in total. The number of hydrogen-bond donors (Lipinski definition) is 3. The molecule has 0 bridgehead atoms. The maximum Gasteiger partial charge on any atom is 0.271 e. The van der Waals surface area contributed by atoms with Gasteiger partial charge in [0.1, 0.15) is 0 Å². The van der Waals surface area contributed by atoms with Crippen LogP contribution in [-0.2, 0) is 0 Å². The third kappa shape index (κ3) is 3.57. The number of hydrogen-bond acceptors (Lipinski definition) is 6. The molecule has 0 aliphatic carbocycles. The van der Waals surface area contributed by atoms with Gasteiger partial charge in [0.2, 0.25) is 0 Å². The summed E-state index contributed by atoms with van der Waals surface area (Å²) >= 11 is 0. The number of hydrazone groups is 1. The summed E-state index contributed by atoms with van der Waals surface area (Å²) in [5, 5.41) is 32.7. The van der Waals surface area contributed by atoms with Crippen molar-refractivity contribution in [3.8, 4) is 11.5 Å². The summed E-state index contributed by atoms with van der Waals surface area (Å²) in [4.78, 5) is 21.7. The minimum atomic E-state index is -0.558. The SMILES string of the molecule is O=C(N/N=C/c1ccc(O)c(O)c1)c1ccc([N+](=O)[O-])cc1. The molecule has 1 amide bonds. The van der Waals surface area contributed by atoms with Crippen LogP contribution in [0.2, 0.25) is 0 Å². The molecular weight excluding hydrogens is 290 g/mol. The highest BCUT2D eigenvalue weighted by atomic mass is 16.6. The Hall–Kier alpha value is -3.42. The van der Waals surface area contributed by atoms with Crippen molar-refractivity contribution in [1.82, 2.24) is 5.43 Å². The second-order valence-electron chi connectivity index (χ2n) is 4.25. The number of amides is 1. The van der Waals surface area contributed by atoms with E-state index in [-0.39, 0.29) is 22.7 Å². The van der Waals surface area contributed by atoms with E-state index in [9.17, 15) is 20.0 Å². The lowest BCUT2D eigenvalue weighted by Gasteiger charge is -2.00. The molecule has 0 aliphatic heterocycles. The largest absolute Gasteiger partial charge is 0.504 e. The molecule has 8 heteroatoms. The van der Waals surface area contributed by atoms with Crippen LogP contribution in [0.1, 0.15) is 15.9 Å². The first-order valence-electron chi connectivity index (χ1n) is 6.07. The Morgan fingerprint density at radius 2 is 1.82 bits per heavy atom. The first-order valence-corrected chi connectivity index (χ1v) is 6.07. The average Bonchev–Trinajstić information content (AvgIpc) is 2.51. The summed E-state index contributed by atoms with van der Waals surface area (Å²) in [5.74, 6) is -1.09. The van der Waals surface area contributed by atoms with Crippen LogP contribution < -0.4 is 5.43 Å². The highest BCUT2D eigenvalue weighted by Gasteiger charge is 2.08. The fourth-order valence-electron chi connectivity index (χ4n) is 1.59. The van der Waals surface area contributed by atoms with E-state index in [1.54, 1.807) is 0 Å². The summed E-state index contributed by atoms with van der Waals surface area (Å²) in [7, 11) is 0. The Kier molecular flexibility index (Phi) is 4.33. The number of nitrogens with one attached hydrogen (secondary N) is 1. The number of non-ortho nitro benzene ring substituents is 1. The van der Waals surface area contributed by atoms with E-state index < -0.39 is 10.8 Å². The van der Waals surface area contributed by atoms with Gasteiger partial charge in [-0.3, -0.25) is 14.9 Å². The van der Waals surface area contributed by atoms with Gasteiger partial charge in [-0.25, -0.2) is 5.43 Å². The topological polar surface area (TPSA) is 125 Å². The highest BCUT2D eigenvalue weighted by Crippen LogP contribution is 2.23. The lowest BCUT2D eigenvalue weighted by Crippen LogP contribution is -2.17. The molecule has 2 rings (SSSR count). The molecule has 0 fully saturated rings. The molecule has 2 aromatic rings. The first-order chi connectivity index (χ1) is 10.5. The maximum absolute atomic E-state index is 11.8. The number of nitro groups is 1. The van der Waals surface area contributed by atoms with Crippen molar-refractivity contribution in [3.05, 3.63) is 63.7 Å². The van der Waals surface area contributed by atoms with Crippen molar-refractivity contribution >= 4 is 17.8 Å². The van der Waals surface area contributed by atoms with Gasteiger partial charge in [0, 0.05) is 17.7 Å². The quantitative estimate of drug-likeness (QED) is 0.343. The van der Waals surface area contributed by atoms with E-state index in [4.69, 9.17) is 5.11 Å². The van der Waals surface area contributed by atoms with Gasteiger partial charge in [-0.1, -0.05) is 0 Å². The predicted octanol–water partition coefficient (Wildman–Crippen LogP) is 1.77. The van der Waals surface area contributed by atoms with Gasteiger partial charge in [-0.15, -0.1) is 0 Å². The number of phenols is 2. The molecule has 0 spiro atoms. The molecule has 0 atom stereocenters. The predicted molar refractivity (Wildman–Crippen MR) is 77.9 cm³/mol. The van der Waals surface area contributed by atoms with Crippen molar-refractivity contribution in [2.45, 2.75) is 0 Å². The number of benzene rings is 2. The van der Waals surface area contributed by atoms with Crippen molar-refractivity contribution < 1.29 is 19.9 Å². The fourth-order valence-corrected chi connectivity index (χ4v) is 1.59. The molecule has 112 valence electrons. The Bertz CT molecular complexity index is 741. The summed E-state index contributed by atoms with van der Waals surface area (Å²) in [5.41, 5.74) is 2.83. The van der Waals surface area contributed by atoms with Gasteiger partial charge >= 0.3 is 0 Å². The van der Waals surface area contributed by atoms with Gasteiger partial charge in [0.05, 0.1) is 11.1 Å². The standard InChI is InChI=1S/C14H11N3O5/c18-12-6-1-9(7-13(12)19)8-15-16-14(20)10-2-4-11(5-3-10)17(21)22/h1-8,18-19H,(H,16,20)/b15-8+. The van der Waals surface area contributed by atoms with Crippen LogP contribution in [0.15, 0.2) is 47.6 Å². The zero-order valence-electron chi connectivity index (χ0n) is 11.1. The van der Waals surface area contributed by atoms with Gasteiger partial charge in [0.25, 0.3) is 11.6 Å². The minimum Gasteiger partial charge on any atom is -0.504 e. The fraction of sp³-hybridized carbons (Fsp3) is 0. The van der Waals surface area contributed by atoms with E-state index >= 15 is 0 Å². The average molecular weight is 301 g/mol. The third-order valence-corrected chi connectivity index (χ3v) is 2.72. The van der Waals surface area contributed by atoms with Crippen LogP contribution in [0, 0.1) is 10.1 Å². The van der Waals surface area contributed by atoms with Gasteiger partial charge in [-0.2, -0.15) is 5.10 Å². The zero-order chi connectivity index (χ0) is 16.1. The van der Waals surface area contributed by atoms with Gasteiger partial charge < -0.3 is 10.2 Å². The number of aromatic hydroxyl groups is 2. The number of carbonyl (C=O) groups excluding carboxylic acids is 1. The number of rotatable bonds is 4. The normalized spacial score (nSPS) is 10.5. The molecule has 2 aromatic carbocycles. The maximum atomic E-state index is 11.8. The van der Waals surface area contributed by atoms with Crippen LogP contribution in [0.4, 0.5) is 5.69 Å². The second-order valence-corrected chi connectivity index (χ2v) is 4.25. The molecule has 0 radical (unpaired) electrons. The molecule has 0 aliphatic rings. The minimum absolute atomic E-state index is 0.111. The molecule has 0 saturated carbocycles. The van der Waals surface area contributed by atoms with E-state index in [2.05, 4.69) is 10.5 Å². The van der Waals surface area contributed by atoms with Crippen LogP contribution in [0.25, 0.3) is 0 Å². The number of carbonyl (C=O) groups is 1. The Morgan fingerprint density at radius 1 is 1.14 bits per heavy atom. The first kappa shape index (κ1) is 15.0. The molecule has 3 N–H and O–H groups in total. The van der Waals surface area contributed by atoms with Gasteiger partial charge in [-0.05, 0) is 35.9 Å². The number of phenolic OH excluding ortho intramolecular Hbond substituents is 2. The summed E-state index contributed by atoms with van der Waals surface area (Å²) < 4.78 is 0. The number of nitro benzene ring substituents is 1. The molecule has 0 unspecified atom stereocenters.